The number of rotatable bonds is 5. The Morgan fingerprint density at radius 3 is 2.45 bits per heavy atom. The summed E-state index contributed by atoms with van der Waals surface area (Å²) in [5.74, 6) is 1.03. The molecule has 1 amide bonds. The maximum absolute atomic E-state index is 12.5. The Kier molecular flexibility index (Phi) is 7.72. The molecular weight excluding hydrogens is 552 g/mol. The van der Waals surface area contributed by atoms with Gasteiger partial charge in [0.15, 0.2) is 17.2 Å². The topological polar surface area (TPSA) is 107 Å². The molecular formula is C34H34N8O2. The van der Waals surface area contributed by atoms with Gasteiger partial charge in [-0.05, 0) is 74.4 Å². The van der Waals surface area contributed by atoms with Crippen LogP contribution in [0, 0.1) is 6.57 Å². The lowest BCUT2D eigenvalue weighted by molar-refractivity contribution is 0.0139. The molecule has 4 heterocycles. The Hall–Kier alpha value is -5.27. The first kappa shape index (κ1) is 28.8. The Morgan fingerprint density at radius 2 is 1.75 bits per heavy atom. The van der Waals surface area contributed by atoms with Crippen LogP contribution in [0.3, 0.4) is 0 Å². The second-order valence-corrected chi connectivity index (χ2v) is 11.8. The lowest BCUT2D eigenvalue weighted by Crippen LogP contribution is -2.49. The summed E-state index contributed by atoms with van der Waals surface area (Å²) in [6, 6.07) is 23.4. The van der Waals surface area contributed by atoms with Crippen molar-refractivity contribution in [1.29, 1.82) is 0 Å². The number of anilines is 1. The third kappa shape index (κ3) is 6.09. The highest BCUT2D eigenvalue weighted by molar-refractivity contribution is 5.84. The van der Waals surface area contributed by atoms with Gasteiger partial charge < -0.3 is 15.4 Å². The summed E-state index contributed by atoms with van der Waals surface area (Å²) in [5.41, 5.74) is 12.1. The summed E-state index contributed by atoms with van der Waals surface area (Å²) >= 11 is 0. The molecule has 6 rings (SSSR count). The number of nitrogens with zero attached hydrogens (tertiary/aromatic N) is 7. The lowest BCUT2D eigenvalue weighted by atomic mass is 10.1. The summed E-state index contributed by atoms with van der Waals surface area (Å²) in [5, 5.41) is 0. The molecule has 0 aliphatic carbocycles. The van der Waals surface area contributed by atoms with E-state index in [1.165, 1.54) is 0 Å². The minimum atomic E-state index is -0.500. The Bertz CT molecular complexity index is 1860. The molecule has 10 nitrogen and oxygen atoms in total. The number of imidazole rings is 1. The van der Waals surface area contributed by atoms with Gasteiger partial charge in [0.25, 0.3) is 0 Å². The van der Waals surface area contributed by atoms with Crippen LogP contribution in [0.1, 0.15) is 26.3 Å². The molecule has 5 aromatic rings. The second kappa shape index (κ2) is 11.8. The summed E-state index contributed by atoms with van der Waals surface area (Å²) in [6.07, 6.45) is 1.41. The van der Waals surface area contributed by atoms with E-state index in [0.29, 0.717) is 41.6 Å². The molecule has 10 heteroatoms. The summed E-state index contributed by atoms with van der Waals surface area (Å²) in [6.45, 7) is 16.7. The number of pyridine rings is 2. The number of ether oxygens (including phenoxy) is 1. The number of nitrogens with two attached hydrogens (primary N) is 1. The zero-order valence-electron chi connectivity index (χ0n) is 25.1. The number of hydrogen-bond donors (Lipinski definition) is 1. The van der Waals surface area contributed by atoms with E-state index in [1.807, 2.05) is 67.8 Å². The maximum atomic E-state index is 12.5. The number of fused-ring (bicyclic) bond motifs is 1. The molecule has 0 atom stereocenters. The molecule has 1 saturated heterocycles. The van der Waals surface area contributed by atoms with Crippen molar-refractivity contribution in [2.45, 2.75) is 32.9 Å². The van der Waals surface area contributed by atoms with Gasteiger partial charge in [0.05, 0.1) is 17.8 Å². The molecule has 0 bridgehead atoms. The smallest absolute Gasteiger partial charge is 0.410 e. The molecule has 0 spiro atoms. The Balaban J connectivity index is 1.29. The number of hydrogen-bond acceptors (Lipinski definition) is 7. The highest BCUT2D eigenvalue weighted by atomic mass is 16.6. The number of benzene rings is 2. The summed E-state index contributed by atoms with van der Waals surface area (Å²) in [4.78, 5) is 34.4. The van der Waals surface area contributed by atoms with Crippen LogP contribution in [0.4, 0.5) is 16.3 Å². The number of aromatic nitrogens is 4. The van der Waals surface area contributed by atoms with Crippen LogP contribution >= 0.6 is 0 Å². The number of piperazine rings is 1. The van der Waals surface area contributed by atoms with Crippen molar-refractivity contribution in [2.75, 3.05) is 31.9 Å². The van der Waals surface area contributed by atoms with Gasteiger partial charge in [-0.1, -0.05) is 30.3 Å². The first-order valence-electron chi connectivity index (χ1n) is 14.6. The predicted molar refractivity (Wildman–Crippen MR) is 171 cm³/mol. The number of carbonyl (C=O) groups excluding carboxylic acids is 1. The van der Waals surface area contributed by atoms with Gasteiger partial charge in [0.2, 0.25) is 0 Å². The molecule has 1 aliphatic rings. The highest BCUT2D eigenvalue weighted by Gasteiger charge is 2.26. The first-order valence-corrected chi connectivity index (χ1v) is 14.6. The van der Waals surface area contributed by atoms with E-state index < -0.39 is 5.60 Å². The van der Waals surface area contributed by atoms with Gasteiger partial charge in [-0.3, -0.25) is 9.47 Å². The fourth-order valence-electron chi connectivity index (χ4n) is 5.31. The van der Waals surface area contributed by atoms with Crippen LogP contribution in [0.5, 0.6) is 0 Å². The fraction of sp³-hybridized carbons (Fsp3) is 0.265. The molecule has 3 aromatic heterocycles. The largest absolute Gasteiger partial charge is 0.444 e. The molecule has 0 unspecified atom stereocenters. The van der Waals surface area contributed by atoms with Crippen LogP contribution in [0.2, 0.25) is 0 Å². The SMILES string of the molecule is [C-]#[N+]c1cccc(-c2ccc3nc(-c4cccnc4N)n(-c4ccc(CN5CCN(C(=O)OC(C)(C)C)CC5)cc4)c3n2)c1. The van der Waals surface area contributed by atoms with Gasteiger partial charge >= 0.3 is 6.09 Å². The van der Waals surface area contributed by atoms with Gasteiger partial charge in [0.1, 0.15) is 16.9 Å². The average molecular weight is 587 g/mol. The monoisotopic (exact) mass is 586 g/mol. The molecule has 44 heavy (non-hydrogen) atoms. The normalized spacial score (nSPS) is 14.0. The van der Waals surface area contributed by atoms with E-state index in [4.69, 9.17) is 27.0 Å². The third-order valence-electron chi connectivity index (χ3n) is 7.48. The standard InChI is InChI=1S/C34H34N8O2/c1-34(2,3)44-33(43)41-19-17-40(18-20-41)22-23-10-12-26(13-11-23)42-31(27-9-6-16-37-30(27)35)39-29-15-14-28(38-32(29)42)24-7-5-8-25(21-24)36-4/h5-16,21H,17-20,22H2,1-3H3,(H2,35,37). The van der Waals surface area contributed by atoms with E-state index >= 15 is 0 Å². The van der Waals surface area contributed by atoms with Crippen molar-refractivity contribution in [3.05, 3.63) is 96.0 Å². The molecule has 2 N–H and O–H groups in total. The van der Waals surface area contributed by atoms with Crippen LogP contribution in [0.15, 0.2) is 79.0 Å². The molecule has 2 aromatic carbocycles. The molecule has 1 fully saturated rings. The van der Waals surface area contributed by atoms with Crippen LogP contribution in [0.25, 0.3) is 44.3 Å². The number of carbonyl (C=O) groups is 1. The van der Waals surface area contributed by atoms with Crippen LogP contribution in [-0.4, -0.2) is 67.2 Å². The van der Waals surface area contributed by atoms with E-state index in [-0.39, 0.29) is 6.09 Å². The molecule has 0 saturated carbocycles. The molecule has 1 aliphatic heterocycles. The second-order valence-electron chi connectivity index (χ2n) is 11.8. The minimum Gasteiger partial charge on any atom is -0.444 e. The average Bonchev–Trinajstić information content (AvgIpc) is 3.40. The van der Waals surface area contributed by atoms with Crippen molar-refractivity contribution in [3.8, 4) is 28.3 Å². The highest BCUT2D eigenvalue weighted by Crippen LogP contribution is 2.32. The van der Waals surface area contributed by atoms with E-state index in [1.54, 1.807) is 17.2 Å². The first-order chi connectivity index (χ1) is 21.2. The maximum Gasteiger partial charge on any atom is 0.410 e. The zero-order chi connectivity index (χ0) is 30.8. The van der Waals surface area contributed by atoms with Gasteiger partial charge in [0, 0.05) is 44.6 Å². The lowest BCUT2D eigenvalue weighted by Gasteiger charge is -2.35. The van der Waals surface area contributed by atoms with E-state index in [0.717, 1.165) is 47.7 Å². The third-order valence-corrected chi connectivity index (χ3v) is 7.48. The van der Waals surface area contributed by atoms with Crippen molar-refractivity contribution >= 4 is 28.8 Å². The minimum absolute atomic E-state index is 0.255. The van der Waals surface area contributed by atoms with Crippen molar-refractivity contribution in [3.63, 3.8) is 0 Å². The van der Waals surface area contributed by atoms with Crippen LogP contribution in [-0.2, 0) is 11.3 Å². The van der Waals surface area contributed by atoms with Crippen LogP contribution < -0.4 is 5.73 Å². The quantitative estimate of drug-likeness (QED) is 0.240. The Labute approximate surface area is 256 Å². The Morgan fingerprint density at radius 1 is 0.977 bits per heavy atom. The number of nitrogen functional groups attached to an aromatic ring is 1. The summed E-state index contributed by atoms with van der Waals surface area (Å²) < 4.78 is 7.54. The number of amides is 1. The van der Waals surface area contributed by atoms with Crippen molar-refractivity contribution < 1.29 is 9.53 Å². The van der Waals surface area contributed by atoms with Gasteiger partial charge in [-0.2, -0.15) is 0 Å². The summed E-state index contributed by atoms with van der Waals surface area (Å²) in [7, 11) is 0. The molecule has 0 radical (unpaired) electrons. The molecule has 222 valence electrons. The van der Waals surface area contributed by atoms with E-state index in [2.05, 4.69) is 39.0 Å². The van der Waals surface area contributed by atoms with E-state index in [9.17, 15) is 4.79 Å². The zero-order valence-corrected chi connectivity index (χ0v) is 25.1. The predicted octanol–water partition coefficient (Wildman–Crippen LogP) is 6.34. The fourth-order valence-corrected chi connectivity index (χ4v) is 5.31. The van der Waals surface area contributed by atoms with Crippen molar-refractivity contribution in [2.24, 2.45) is 0 Å². The van der Waals surface area contributed by atoms with Gasteiger partial charge in [-0.25, -0.2) is 24.6 Å². The van der Waals surface area contributed by atoms with Gasteiger partial charge in [-0.15, -0.1) is 0 Å². The van der Waals surface area contributed by atoms with Crippen molar-refractivity contribution in [1.82, 2.24) is 29.3 Å².